The number of methoxy groups -OCH3 is 1. The smallest absolute Gasteiger partial charge is 0.276 e. The first-order valence-corrected chi connectivity index (χ1v) is 10.1. The molecular weight excluding hydrogens is 411 g/mol. The maximum atomic E-state index is 13.3. The molecule has 0 N–H and O–H groups in total. The van der Waals surface area contributed by atoms with Crippen molar-refractivity contribution in [3.05, 3.63) is 100 Å². The number of para-hydroxylation sites is 1. The van der Waals surface area contributed by atoms with Gasteiger partial charge in [-0.2, -0.15) is 5.10 Å². The largest absolute Gasteiger partial charge is 0.496 e. The number of hydrogen-bond donors (Lipinski definition) is 0. The quantitative estimate of drug-likeness (QED) is 0.534. The van der Waals surface area contributed by atoms with Crippen molar-refractivity contribution >= 4 is 34.3 Å². The second-order valence-electron chi connectivity index (χ2n) is 6.25. The Balaban J connectivity index is 1.78. The van der Waals surface area contributed by atoms with Gasteiger partial charge < -0.3 is 4.74 Å². The van der Waals surface area contributed by atoms with Crippen LogP contribution in [0.5, 0.6) is 5.75 Å². The van der Waals surface area contributed by atoms with Crippen LogP contribution in [0.25, 0.3) is 0 Å². The van der Waals surface area contributed by atoms with Crippen LogP contribution in [0.3, 0.4) is 0 Å². The van der Waals surface area contributed by atoms with Crippen molar-refractivity contribution in [2.75, 3.05) is 7.11 Å². The summed E-state index contributed by atoms with van der Waals surface area (Å²) >= 11 is 7.65. The third-order valence-electron chi connectivity index (χ3n) is 4.45. The Morgan fingerprint density at radius 1 is 1.07 bits per heavy atom. The molecule has 0 radical (unpaired) electrons. The SMILES string of the molecule is COc1ccccc1C1SC(c2ccc(F)cc2)=NN1C(=O)c1ccccc1Cl. The lowest BCUT2D eigenvalue weighted by Gasteiger charge is -2.23. The molecule has 1 unspecified atom stereocenters. The Morgan fingerprint density at radius 2 is 1.76 bits per heavy atom. The zero-order chi connectivity index (χ0) is 20.4. The molecule has 0 aromatic heterocycles. The zero-order valence-electron chi connectivity index (χ0n) is 15.4. The molecule has 0 aliphatic carbocycles. The van der Waals surface area contributed by atoms with Crippen LogP contribution in [-0.4, -0.2) is 23.1 Å². The van der Waals surface area contributed by atoms with E-state index < -0.39 is 5.37 Å². The summed E-state index contributed by atoms with van der Waals surface area (Å²) < 4.78 is 18.8. The van der Waals surface area contributed by atoms with Crippen LogP contribution in [-0.2, 0) is 0 Å². The van der Waals surface area contributed by atoms with Crippen molar-refractivity contribution in [2.24, 2.45) is 5.10 Å². The normalized spacial score (nSPS) is 15.9. The van der Waals surface area contributed by atoms with Crippen molar-refractivity contribution in [3.8, 4) is 5.75 Å². The zero-order valence-corrected chi connectivity index (χ0v) is 17.0. The summed E-state index contributed by atoms with van der Waals surface area (Å²) in [6.07, 6.45) is 0. The monoisotopic (exact) mass is 426 g/mol. The van der Waals surface area contributed by atoms with E-state index in [2.05, 4.69) is 5.10 Å². The number of halogens is 2. The lowest BCUT2D eigenvalue weighted by atomic mass is 10.1. The molecule has 3 aromatic rings. The van der Waals surface area contributed by atoms with Gasteiger partial charge in [0.1, 0.15) is 22.0 Å². The second-order valence-corrected chi connectivity index (χ2v) is 7.73. The summed E-state index contributed by atoms with van der Waals surface area (Å²) in [5.74, 6) is -0.00346. The first kappa shape index (κ1) is 19.5. The van der Waals surface area contributed by atoms with Gasteiger partial charge in [-0.1, -0.05) is 53.7 Å². The van der Waals surface area contributed by atoms with Crippen LogP contribution < -0.4 is 4.74 Å². The average Bonchev–Trinajstić information content (AvgIpc) is 3.19. The molecule has 1 aliphatic rings. The van der Waals surface area contributed by atoms with E-state index in [4.69, 9.17) is 16.3 Å². The number of rotatable bonds is 4. The second kappa shape index (κ2) is 8.27. The summed E-state index contributed by atoms with van der Waals surface area (Å²) in [6.45, 7) is 0. The van der Waals surface area contributed by atoms with Crippen molar-refractivity contribution in [2.45, 2.75) is 5.37 Å². The minimum absolute atomic E-state index is 0.323. The molecule has 4 nitrogen and oxygen atoms in total. The molecule has 0 bridgehead atoms. The van der Waals surface area contributed by atoms with E-state index in [1.807, 2.05) is 24.3 Å². The molecule has 1 amide bonds. The Labute approximate surface area is 176 Å². The van der Waals surface area contributed by atoms with E-state index in [9.17, 15) is 9.18 Å². The molecule has 4 rings (SSSR count). The molecule has 146 valence electrons. The van der Waals surface area contributed by atoms with E-state index in [1.54, 1.807) is 43.5 Å². The number of hydrogen-bond acceptors (Lipinski definition) is 4. The molecule has 7 heteroatoms. The lowest BCUT2D eigenvalue weighted by molar-refractivity contribution is 0.0748. The highest BCUT2D eigenvalue weighted by Gasteiger charge is 2.36. The van der Waals surface area contributed by atoms with Crippen molar-refractivity contribution < 1.29 is 13.9 Å². The molecule has 0 saturated carbocycles. The number of carbonyl (C=O) groups excluding carboxylic acids is 1. The number of benzene rings is 3. The van der Waals surface area contributed by atoms with Crippen LogP contribution in [0.4, 0.5) is 4.39 Å². The molecule has 0 fully saturated rings. The van der Waals surface area contributed by atoms with Crippen LogP contribution in [0.2, 0.25) is 5.02 Å². The highest BCUT2D eigenvalue weighted by molar-refractivity contribution is 8.14. The molecular formula is C22H16ClFN2O2S. The average molecular weight is 427 g/mol. The summed E-state index contributed by atoms with van der Waals surface area (Å²) in [5.41, 5.74) is 1.89. The van der Waals surface area contributed by atoms with Gasteiger partial charge in [-0.3, -0.25) is 4.79 Å². The molecule has 1 atom stereocenters. The van der Waals surface area contributed by atoms with E-state index in [-0.39, 0.29) is 11.7 Å². The fourth-order valence-corrected chi connectivity index (χ4v) is 4.42. The highest BCUT2D eigenvalue weighted by atomic mass is 35.5. The Hall–Kier alpha value is -2.83. The third kappa shape index (κ3) is 3.86. The first-order valence-electron chi connectivity index (χ1n) is 8.80. The number of ether oxygens (including phenoxy) is 1. The Bertz CT molecular complexity index is 1090. The summed E-state index contributed by atoms with van der Waals surface area (Å²) in [7, 11) is 1.58. The van der Waals surface area contributed by atoms with E-state index in [1.165, 1.54) is 28.9 Å². The number of carbonyl (C=O) groups is 1. The maximum Gasteiger partial charge on any atom is 0.276 e. The maximum absolute atomic E-state index is 13.3. The van der Waals surface area contributed by atoms with Gasteiger partial charge in [0.05, 0.1) is 17.7 Å². The fourth-order valence-electron chi connectivity index (χ4n) is 3.02. The van der Waals surface area contributed by atoms with Gasteiger partial charge in [0.25, 0.3) is 5.91 Å². The molecule has 1 heterocycles. The fraction of sp³-hybridized carbons (Fsp3) is 0.0909. The Morgan fingerprint density at radius 3 is 2.48 bits per heavy atom. The van der Waals surface area contributed by atoms with Gasteiger partial charge in [0.15, 0.2) is 0 Å². The van der Waals surface area contributed by atoms with Gasteiger partial charge in [0, 0.05) is 11.1 Å². The lowest BCUT2D eigenvalue weighted by Crippen LogP contribution is -2.26. The predicted octanol–water partition coefficient (Wildman–Crippen LogP) is 5.74. The third-order valence-corrected chi connectivity index (χ3v) is 6.00. The topological polar surface area (TPSA) is 41.9 Å². The molecule has 1 aliphatic heterocycles. The van der Waals surface area contributed by atoms with E-state index in [0.29, 0.717) is 21.4 Å². The molecule has 3 aromatic carbocycles. The summed E-state index contributed by atoms with van der Waals surface area (Å²) in [4.78, 5) is 13.3. The first-order chi connectivity index (χ1) is 14.1. The van der Waals surface area contributed by atoms with Crippen LogP contribution in [0, 0.1) is 5.82 Å². The number of hydrazone groups is 1. The Kier molecular flexibility index (Phi) is 5.56. The standard InChI is InChI=1S/C22H16ClFN2O2S/c1-28-19-9-5-3-7-17(19)22-26(21(27)16-6-2-4-8-18(16)23)25-20(29-22)14-10-12-15(24)13-11-14/h2-13,22H,1H3. The van der Waals surface area contributed by atoms with Crippen LogP contribution in [0.1, 0.15) is 26.9 Å². The van der Waals surface area contributed by atoms with Crippen molar-refractivity contribution in [3.63, 3.8) is 0 Å². The minimum Gasteiger partial charge on any atom is -0.496 e. The van der Waals surface area contributed by atoms with Gasteiger partial charge in [0.2, 0.25) is 0 Å². The van der Waals surface area contributed by atoms with Crippen LogP contribution >= 0.6 is 23.4 Å². The number of nitrogens with zero attached hydrogens (tertiary/aromatic N) is 2. The summed E-state index contributed by atoms with van der Waals surface area (Å²) in [6, 6.07) is 20.4. The van der Waals surface area contributed by atoms with Crippen molar-refractivity contribution in [1.29, 1.82) is 0 Å². The summed E-state index contributed by atoms with van der Waals surface area (Å²) in [5, 5.41) is 6.49. The number of thioether (sulfide) groups is 1. The minimum atomic E-state index is -0.449. The van der Waals surface area contributed by atoms with Gasteiger partial charge >= 0.3 is 0 Å². The number of amides is 1. The van der Waals surface area contributed by atoms with Crippen LogP contribution in [0.15, 0.2) is 77.9 Å². The van der Waals surface area contributed by atoms with Gasteiger partial charge in [-0.25, -0.2) is 9.40 Å². The van der Waals surface area contributed by atoms with E-state index in [0.717, 1.165) is 11.1 Å². The molecule has 0 saturated heterocycles. The molecule has 29 heavy (non-hydrogen) atoms. The van der Waals surface area contributed by atoms with Crippen molar-refractivity contribution in [1.82, 2.24) is 5.01 Å². The van der Waals surface area contributed by atoms with Gasteiger partial charge in [-0.15, -0.1) is 0 Å². The predicted molar refractivity (Wildman–Crippen MR) is 114 cm³/mol. The highest BCUT2D eigenvalue weighted by Crippen LogP contribution is 2.45. The molecule has 0 spiro atoms. The van der Waals surface area contributed by atoms with Gasteiger partial charge in [-0.05, 0) is 42.5 Å². The van der Waals surface area contributed by atoms with E-state index >= 15 is 0 Å².